The number of anilines is 1. The molecule has 2 aromatic rings. The van der Waals surface area contributed by atoms with Crippen LogP contribution in [0.3, 0.4) is 0 Å². The minimum atomic E-state index is 0.967. The van der Waals surface area contributed by atoms with Crippen LogP contribution in [-0.2, 0) is 0 Å². The largest absolute Gasteiger partial charge is 0.384 e. The van der Waals surface area contributed by atoms with Gasteiger partial charge < -0.3 is 5.32 Å². The highest BCUT2D eigenvalue weighted by Gasteiger charge is 1.99. The maximum absolute atomic E-state index is 3.48. The van der Waals surface area contributed by atoms with Crippen LogP contribution in [0.4, 0.5) is 5.69 Å². The molecule has 0 radical (unpaired) electrons. The summed E-state index contributed by atoms with van der Waals surface area (Å²) in [6, 6.07) is 14.9. The van der Waals surface area contributed by atoms with Gasteiger partial charge in [-0.25, -0.2) is 0 Å². The molecule has 3 heteroatoms. The van der Waals surface area contributed by atoms with Crippen molar-refractivity contribution in [2.45, 2.75) is 18.7 Å². The van der Waals surface area contributed by atoms with Crippen molar-refractivity contribution in [3.8, 4) is 0 Å². The highest BCUT2D eigenvalue weighted by molar-refractivity contribution is 9.10. The van der Waals surface area contributed by atoms with Gasteiger partial charge in [-0.15, -0.1) is 11.8 Å². The summed E-state index contributed by atoms with van der Waals surface area (Å²) in [4.78, 5) is 1.38. The van der Waals surface area contributed by atoms with Crippen LogP contribution in [0.1, 0.15) is 11.1 Å². The lowest BCUT2D eigenvalue weighted by atomic mass is 10.2. The first-order chi connectivity index (χ1) is 9.15. The molecule has 2 aromatic carbocycles. The van der Waals surface area contributed by atoms with Gasteiger partial charge in [-0.3, -0.25) is 0 Å². The number of benzene rings is 2. The SMILES string of the molecule is Cc1ccc(SCCNc2cccc(Br)c2)c(C)c1. The van der Waals surface area contributed by atoms with Crippen LogP contribution in [0.15, 0.2) is 51.8 Å². The molecular formula is C16H18BrNS. The quantitative estimate of drug-likeness (QED) is 0.590. The van der Waals surface area contributed by atoms with E-state index in [-0.39, 0.29) is 0 Å². The van der Waals surface area contributed by atoms with Crippen molar-refractivity contribution in [2.75, 3.05) is 17.6 Å². The third-order valence-corrected chi connectivity index (χ3v) is 4.51. The molecule has 2 rings (SSSR count). The molecule has 1 N–H and O–H groups in total. The summed E-state index contributed by atoms with van der Waals surface area (Å²) >= 11 is 5.38. The molecule has 0 unspecified atom stereocenters. The Hall–Kier alpha value is -0.930. The van der Waals surface area contributed by atoms with E-state index in [9.17, 15) is 0 Å². The highest BCUT2D eigenvalue weighted by Crippen LogP contribution is 2.23. The third kappa shape index (κ3) is 4.59. The molecule has 19 heavy (non-hydrogen) atoms. The zero-order valence-electron chi connectivity index (χ0n) is 11.2. The van der Waals surface area contributed by atoms with Gasteiger partial charge in [0, 0.05) is 27.4 Å². The fourth-order valence-electron chi connectivity index (χ4n) is 1.92. The van der Waals surface area contributed by atoms with Crippen LogP contribution in [0.5, 0.6) is 0 Å². The van der Waals surface area contributed by atoms with Crippen molar-refractivity contribution < 1.29 is 0 Å². The predicted molar refractivity (Wildman–Crippen MR) is 89.3 cm³/mol. The van der Waals surface area contributed by atoms with Gasteiger partial charge in [-0.05, 0) is 43.7 Å². The first-order valence-electron chi connectivity index (χ1n) is 6.34. The van der Waals surface area contributed by atoms with Crippen LogP contribution in [0.2, 0.25) is 0 Å². The standard InChI is InChI=1S/C16H18BrNS/c1-12-6-7-16(13(2)10-12)19-9-8-18-15-5-3-4-14(17)11-15/h3-7,10-11,18H,8-9H2,1-2H3. The fourth-order valence-corrected chi connectivity index (χ4v) is 3.19. The van der Waals surface area contributed by atoms with Crippen molar-refractivity contribution in [3.63, 3.8) is 0 Å². The number of nitrogens with one attached hydrogen (secondary N) is 1. The normalized spacial score (nSPS) is 10.5. The van der Waals surface area contributed by atoms with Crippen molar-refractivity contribution in [3.05, 3.63) is 58.1 Å². The molecule has 0 aliphatic heterocycles. The number of thioether (sulfide) groups is 1. The topological polar surface area (TPSA) is 12.0 Å². The minimum Gasteiger partial charge on any atom is -0.384 e. The Bertz CT molecular complexity index is 554. The Labute approximate surface area is 127 Å². The second-order valence-electron chi connectivity index (χ2n) is 4.55. The summed E-state index contributed by atoms with van der Waals surface area (Å²) in [6.45, 7) is 5.28. The molecular weight excluding hydrogens is 318 g/mol. The van der Waals surface area contributed by atoms with Crippen LogP contribution in [-0.4, -0.2) is 12.3 Å². The van der Waals surface area contributed by atoms with E-state index in [2.05, 4.69) is 65.4 Å². The summed E-state index contributed by atoms with van der Waals surface area (Å²) in [5.74, 6) is 1.07. The number of halogens is 1. The Morgan fingerprint density at radius 3 is 2.68 bits per heavy atom. The Kier molecular flexibility index (Phi) is 5.34. The molecule has 0 aliphatic carbocycles. The van der Waals surface area contributed by atoms with Gasteiger partial charge in [0.2, 0.25) is 0 Å². The maximum Gasteiger partial charge on any atom is 0.0351 e. The lowest BCUT2D eigenvalue weighted by Gasteiger charge is -2.08. The number of rotatable bonds is 5. The molecule has 0 saturated carbocycles. The van der Waals surface area contributed by atoms with E-state index in [1.54, 1.807) is 0 Å². The highest BCUT2D eigenvalue weighted by atomic mass is 79.9. The summed E-state index contributed by atoms with van der Waals surface area (Å²) in [6.07, 6.45) is 0. The van der Waals surface area contributed by atoms with E-state index in [0.29, 0.717) is 0 Å². The van der Waals surface area contributed by atoms with Crippen LogP contribution < -0.4 is 5.32 Å². The number of hydrogen-bond acceptors (Lipinski definition) is 2. The van der Waals surface area contributed by atoms with Crippen LogP contribution in [0.25, 0.3) is 0 Å². The monoisotopic (exact) mass is 335 g/mol. The van der Waals surface area contributed by atoms with Crippen molar-refractivity contribution >= 4 is 33.4 Å². The Balaban J connectivity index is 1.81. The minimum absolute atomic E-state index is 0.967. The first-order valence-corrected chi connectivity index (χ1v) is 8.12. The summed E-state index contributed by atoms with van der Waals surface area (Å²) in [5, 5.41) is 3.44. The predicted octanol–water partition coefficient (Wildman–Crippen LogP) is 5.27. The third-order valence-electron chi connectivity index (χ3n) is 2.84. The molecule has 0 fully saturated rings. The van der Waals surface area contributed by atoms with E-state index in [1.807, 2.05) is 23.9 Å². The van der Waals surface area contributed by atoms with Crippen LogP contribution >= 0.6 is 27.7 Å². The Morgan fingerprint density at radius 1 is 1.11 bits per heavy atom. The van der Waals surface area contributed by atoms with Crippen molar-refractivity contribution in [1.29, 1.82) is 0 Å². The second kappa shape index (κ2) is 7.01. The van der Waals surface area contributed by atoms with Gasteiger partial charge in [0.05, 0.1) is 0 Å². The van der Waals surface area contributed by atoms with Crippen LogP contribution in [0, 0.1) is 13.8 Å². The average Bonchev–Trinajstić information content (AvgIpc) is 2.37. The van der Waals surface area contributed by atoms with E-state index >= 15 is 0 Å². The zero-order chi connectivity index (χ0) is 13.7. The molecule has 1 nitrogen and oxygen atoms in total. The van der Waals surface area contributed by atoms with Crippen molar-refractivity contribution in [2.24, 2.45) is 0 Å². The summed E-state index contributed by atoms with van der Waals surface area (Å²) < 4.78 is 1.11. The number of hydrogen-bond donors (Lipinski definition) is 1. The maximum atomic E-state index is 3.48. The lowest BCUT2D eigenvalue weighted by Crippen LogP contribution is -2.03. The van der Waals surface area contributed by atoms with E-state index in [0.717, 1.165) is 22.5 Å². The van der Waals surface area contributed by atoms with E-state index in [1.165, 1.54) is 16.0 Å². The van der Waals surface area contributed by atoms with Gasteiger partial charge in [-0.2, -0.15) is 0 Å². The fraction of sp³-hybridized carbons (Fsp3) is 0.250. The molecule has 0 aliphatic rings. The second-order valence-corrected chi connectivity index (χ2v) is 6.61. The first kappa shape index (κ1) is 14.5. The molecule has 0 bridgehead atoms. The molecule has 0 amide bonds. The van der Waals surface area contributed by atoms with Gasteiger partial charge >= 0.3 is 0 Å². The average molecular weight is 336 g/mol. The smallest absolute Gasteiger partial charge is 0.0351 e. The van der Waals surface area contributed by atoms with E-state index in [4.69, 9.17) is 0 Å². The Morgan fingerprint density at radius 2 is 1.95 bits per heavy atom. The molecule has 0 spiro atoms. The van der Waals surface area contributed by atoms with Gasteiger partial charge in [0.1, 0.15) is 0 Å². The van der Waals surface area contributed by atoms with Gasteiger partial charge in [0.15, 0.2) is 0 Å². The molecule has 0 atom stereocenters. The van der Waals surface area contributed by atoms with Crippen molar-refractivity contribution in [1.82, 2.24) is 0 Å². The lowest BCUT2D eigenvalue weighted by molar-refractivity contribution is 1.21. The molecule has 0 saturated heterocycles. The van der Waals surface area contributed by atoms with Gasteiger partial charge in [0.25, 0.3) is 0 Å². The molecule has 100 valence electrons. The van der Waals surface area contributed by atoms with Gasteiger partial charge in [-0.1, -0.05) is 39.7 Å². The summed E-state index contributed by atoms with van der Waals surface area (Å²) in [7, 11) is 0. The number of aryl methyl sites for hydroxylation is 2. The molecule has 0 aromatic heterocycles. The zero-order valence-corrected chi connectivity index (χ0v) is 13.6. The molecule has 0 heterocycles. The van der Waals surface area contributed by atoms with E-state index < -0.39 is 0 Å². The summed E-state index contributed by atoms with van der Waals surface area (Å²) in [5.41, 5.74) is 3.86.